The second-order valence-electron chi connectivity index (χ2n) is 7.18. The van der Waals surface area contributed by atoms with Gasteiger partial charge in [0.2, 0.25) is 11.6 Å². The summed E-state index contributed by atoms with van der Waals surface area (Å²) in [6.07, 6.45) is 1.09. The van der Waals surface area contributed by atoms with Crippen LogP contribution in [-0.4, -0.2) is 40.1 Å². The minimum absolute atomic E-state index is 0.276. The first kappa shape index (κ1) is 23.2. The Morgan fingerprint density at radius 2 is 1.81 bits per heavy atom. The van der Waals surface area contributed by atoms with E-state index in [0.717, 1.165) is 17.0 Å². The van der Waals surface area contributed by atoms with Crippen LogP contribution in [0.2, 0.25) is 0 Å². The minimum atomic E-state index is -1.01. The minimum Gasteiger partial charge on any atom is -0.478 e. The van der Waals surface area contributed by atoms with Crippen molar-refractivity contribution < 1.29 is 19.4 Å². The molecule has 0 amide bonds. The molecule has 1 heterocycles. The Balaban J connectivity index is 1.93. The molecule has 7 nitrogen and oxygen atoms in total. The van der Waals surface area contributed by atoms with E-state index in [9.17, 15) is 9.90 Å². The first-order valence-corrected chi connectivity index (χ1v) is 10.3. The van der Waals surface area contributed by atoms with Gasteiger partial charge in [0, 0.05) is 27.1 Å². The summed E-state index contributed by atoms with van der Waals surface area (Å²) in [7, 11) is 3.15. The van der Waals surface area contributed by atoms with Gasteiger partial charge in [-0.1, -0.05) is 55.3 Å². The van der Waals surface area contributed by atoms with Crippen molar-refractivity contribution in [2.75, 3.05) is 14.2 Å². The number of carboxylic acid groups (broad SMARTS) is 1. The highest BCUT2D eigenvalue weighted by molar-refractivity contribution is 5.95. The second-order valence-corrected chi connectivity index (χ2v) is 7.18. The van der Waals surface area contributed by atoms with E-state index in [4.69, 9.17) is 14.5 Å². The maximum Gasteiger partial charge on any atom is 0.336 e. The van der Waals surface area contributed by atoms with Gasteiger partial charge in [0.25, 0.3) is 0 Å². The molecule has 0 saturated carbocycles. The number of nitrogens with zero attached hydrogens (tertiary/aromatic N) is 3. The molecule has 166 valence electrons. The zero-order valence-corrected chi connectivity index (χ0v) is 18.8. The van der Waals surface area contributed by atoms with Crippen molar-refractivity contribution in [3.8, 4) is 23.0 Å². The van der Waals surface area contributed by atoms with Gasteiger partial charge in [0.15, 0.2) is 0 Å². The van der Waals surface area contributed by atoms with E-state index in [2.05, 4.69) is 16.9 Å². The molecule has 0 aliphatic rings. The number of rotatable bonds is 9. The van der Waals surface area contributed by atoms with Gasteiger partial charge in [0.05, 0.1) is 5.56 Å². The fourth-order valence-electron chi connectivity index (χ4n) is 3.57. The third-order valence-electron chi connectivity index (χ3n) is 5.40. The number of benzene rings is 2. The zero-order valence-electron chi connectivity index (χ0n) is 18.8. The van der Waals surface area contributed by atoms with E-state index in [-0.39, 0.29) is 5.56 Å². The molecule has 3 aromatic rings. The highest BCUT2D eigenvalue weighted by Gasteiger charge is 2.35. The van der Waals surface area contributed by atoms with Gasteiger partial charge in [-0.3, -0.25) is 0 Å². The van der Waals surface area contributed by atoms with E-state index < -0.39 is 11.8 Å². The second kappa shape index (κ2) is 10.2. The molecule has 0 aliphatic heterocycles. The highest BCUT2D eigenvalue weighted by Crippen LogP contribution is 2.28. The third kappa shape index (κ3) is 4.72. The van der Waals surface area contributed by atoms with Crippen LogP contribution in [0.3, 0.4) is 0 Å². The zero-order chi connectivity index (χ0) is 23.1. The molecular weight excluding hydrogens is 406 g/mol. The quantitative estimate of drug-likeness (QED) is 0.404. The topological polar surface area (TPSA) is 86.5 Å². The number of aromatic nitrogens is 3. The van der Waals surface area contributed by atoms with Crippen molar-refractivity contribution >= 4 is 5.97 Å². The van der Waals surface area contributed by atoms with Crippen LogP contribution in [0.1, 0.15) is 47.8 Å². The van der Waals surface area contributed by atoms with Crippen LogP contribution in [0, 0.1) is 11.8 Å². The summed E-state index contributed by atoms with van der Waals surface area (Å²) in [5.41, 5.74) is 2.82. The normalized spacial score (nSPS) is 11.1. The van der Waals surface area contributed by atoms with Gasteiger partial charge in [0.1, 0.15) is 12.4 Å². The van der Waals surface area contributed by atoms with Crippen LogP contribution < -0.4 is 0 Å². The van der Waals surface area contributed by atoms with Crippen molar-refractivity contribution in [2.45, 2.75) is 39.0 Å². The van der Waals surface area contributed by atoms with Crippen LogP contribution in [0.25, 0.3) is 11.1 Å². The Hall–Kier alpha value is -3.47. The molecule has 7 heteroatoms. The first-order valence-electron chi connectivity index (χ1n) is 10.3. The summed E-state index contributed by atoms with van der Waals surface area (Å²) in [6.45, 7) is 4.15. The number of ether oxygens (including phenoxy) is 2. The summed E-state index contributed by atoms with van der Waals surface area (Å²) in [5, 5.41) is 14.1. The Kier molecular flexibility index (Phi) is 7.41. The van der Waals surface area contributed by atoms with Gasteiger partial charge < -0.3 is 14.6 Å². The van der Waals surface area contributed by atoms with Crippen LogP contribution in [0.4, 0.5) is 0 Å². The number of carbonyl (C=O) groups is 1. The third-order valence-corrected chi connectivity index (χ3v) is 5.40. The Morgan fingerprint density at radius 3 is 2.41 bits per heavy atom. The molecule has 32 heavy (non-hydrogen) atoms. The Morgan fingerprint density at radius 1 is 1.12 bits per heavy atom. The molecule has 0 unspecified atom stereocenters. The number of carboxylic acids is 1. The summed E-state index contributed by atoms with van der Waals surface area (Å²) in [6, 6.07) is 14.8. The van der Waals surface area contributed by atoms with Gasteiger partial charge in [-0.15, -0.1) is 11.0 Å². The van der Waals surface area contributed by atoms with E-state index in [1.807, 2.05) is 43.3 Å². The molecule has 3 rings (SSSR count). The van der Waals surface area contributed by atoms with Crippen LogP contribution in [-0.2, 0) is 28.2 Å². The van der Waals surface area contributed by atoms with Gasteiger partial charge in [-0.05, 0) is 29.7 Å². The van der Waals surface area contributed by atoms with Crippen molar-refractivity contribution in [2.24, 2.45) is 0 Å². The average Bonchev–Trinajstić information content (AvgIpc) is 3.22. The van der Waals surface area contributed by atoms with E-state index in [1.165, 1.54) is 0 Å². The van der Waals surface area contributed by atoms with E-state index in [1.54, 1.807) is 38.0 Å². The van der Waals surface area contributed by atoms with Crippen LogP contribution >= 0.6 is 0 Å². The molecule has 1 N–H and O–H groups in total. The fraction of sp³-hybridized carbons (Fsp3) is 0.320. The lowest BCUT2D eigenvalue weighted by Crippen LogP contribution is -2.31. The highest BCUT2D eigenvalue weighted by atomic mass is 16.7. The van der Waals surface area contributed by atoms with Crippen LogP contribution in [0.15, 0.2) is 48.5 Å². The SMILES string of the molecule is CC#CCn1nc(C(CC)(OC)OC)nc1Cc1ccc(-c2ccccc2C(=O)O)cc1. The smallest absolute Gasteiger partial charge is 0.336 e. The molecule has 0 bridgehead atoms. The van der Waals surface area contributed by atoms with Crippen molar-refractivity contribution in [1.29, 1.82) is 0 Å². The van der Waals surface area contributed by atoms with Crippen molar-refractivity contribution in [3.63, 3.8) is 0 Å². The Bertz CT molecular complexity index is 1130. The molecule has 0 spiro atoms. The maximum absolute atomic E-state index is 11.5. The molecule has 2 aromatic carbocycles. The van der Waals surface area contributed by atoms with Crippen LogP contribution in [0.5, 0.6) is 0 Å². The van der Waals surface area contributed by atoms with Gasteiger partial charge >= 0.3 is 5.97 Å². The monoisotopic (exact) mass is 433 g/mol. The fourth-order valence-corrected chi connectivity index (χ4v) is 3.57. The van der Waals surface area contributed by atoms with Gasteiger partial charge in [-0.25, -0.2) is 14.5 Å². The largest absolute Gasteiger partial charge is 0.478 e. The number of hydrogen-bond acceptors (Lipinski definition) is 5. The molecule has 0 radical (unpaired) electrons. The predicted octanol–water partition coefficient (Wildman–Crippen LogP) is 4.11. The van der Waals surface area contributed by atoms with Crippen molar-refractivity contribution in [3.05, 3.63) is 71.3 Å². The van der Waals surface area contributed by atoms with E-state index in [0.29, 0.717) is 30.8 Å². The lowest BCUT2D eigenvalue weighted by molar-refractivity contribution is -0.222. The summed E-state index contributed by atoms with van der Waals surface area (Å²) in [5.74, 6) is 5.17. The lowest BCUT2D eigenvalue weighted by atomic mass is 9.98. The first-order chi connectivity index (χ1) is 15.5. The lowest BCUT2D eigenvalue weighted by Gasteiger charge is -2.26. The molecule has 0 atom stereocenters. The molecule has 0 saturated heterocycles. The maximum atomic E-state index is 11.5. The average molecular weight is 434 g/mol. The standard InChI is InChI=1S/C25H27N3O4/c1-5-7-16-28-22(26-24(27-28)25(6-2,31-3)32-4)17-18-12-14-19(15-13-18)20-10-8-9-11-21(20)23(29)30/h8-15H,6,16-17H2,1-4H3,(H,29,30). The number of hydrogen-bond donors (Lipinski definition) is 1. The summed E-state index contributed by atoms with van der Waals surface area (Å²) >= 11 is 0. The predicted molar refractivity (Wildman–Crippen MR) is 121 cm³/mol. The summed E-state index contributed by atoms with van der Waals surface area (Å²) in [4.78, 5) is 16.3. The Labute approximate surface area is 188 Å². The molecule has 0 fully saturated rings. The summed E-state index contributed by atoms with van der Waals surface area (Å²) < 4.78 is 13.0. The molecule has 1 aromatic heterocycles. The molecular formula is C25H27N3O4. The number of aromatic carboxylic acids is 1. The van der Waals surface area contributed by atoms with Gasteiger partial charge in [-0.2, -0.15) is 0 Å². The van der Waals surface area contributed by atoms with E-state index >= 15 is 0 Å². The van der Waals surface area contributed by atoms with Crippen molar-refractivity contribution in [1.82, 2.24) is 14.8 Å². The molecule has 0 aliphatic carbocycles. The number of methoxy groups -OCH3 is 2.